The summed E-state index contributed by atoms with van der Waals surface area (Å²) in [7, 11) is 0. The van der Waals surface area contributed by atoms with Crippen LogP contribution in [0.4, 0.5) is 11.4 Å². The summed E-state index contributed by atoms with van der Waals surface area (Å²) in [4.78, 5) is 23.8. The topological polar surface area (TPSA) is 78.9 Å². The SMILES string of the molecule is O=C(O)COC1CCCc2c(CCC(=O)NN(c3ccccc3)c3ccccc3)cccc2C1. The molecule has 1 aliphatic carbocycles. The molecule has 176 valence electrons. The second kappa shape index (κ2) is 11.5. The van der Waals surface area contributed by atoms with E-state index in [4.69, 9.17) is 9.84 Å². The van der Waals surface area contributed by atoms with Crippen LogP contribution in [0.2, 0.25) is 0 Å². The lowest BCUT2D eigenvalue weighted by atomic mass is 9.94. The highest BCUT2D eigenvalue weighted by atomic mass is 16.5. The molecule has 2 N–H and O–H groups in total. The fourth-order valence-corrected chi connectivity index (χ4v) is 4.48. The molecule has 0 aromatic heterocycles. The average Bonchev–Trinajstić information content (AvgIpc) is 3.08. The van der Waals surface area contributed by atoms with E-state index in [0.29, 0.717) is 19.3 Å². The molecular formula is C28H30N2O4. The van der Waals surface area contributed by atoms with Gasteiger partial charge in [-0.2, -0.15) is 0 Å². The van der Waals surface area contributed by atoms with Gasteiger partial charge in [-0.15, -0.1) is 0 Å². The lowest BCUT2D eigenvalue weighted by molar-refractivity contribution is -0.144. The zero-order valence-electron chi connectivity index (χ0n) is 19.2. The van der Waals surface area contributed by atoms with Crippen molar-refractivity contribution >= 4 is 23.3 Å². The number of aliphatic carboxylic acids is 1. The first-order valence-electron chi connectivity index (χ1n) is 11.7. The van der Waals surface area contributed by atoms with Crippen molar-refractivity contribution in [3.05, 3.63) is 95.6 Å². The first-order valence-corrected chi connectivity index (χ1v) is 11.7. The molecule has 0 heterocycles. The Morgan fingerprint density at radius 3 is 2.26 bits per heavy atom. The van der Waals surface area contributed by atoms with Gasteiger partial charge < -0.3 is 9.84 Å². The predicted molar refractivity (Wildman–Crippen MR) is 132 cm³/mol. The highest BCUT2D eigenvalue weighted by Gasteiger charge is 2.20. The molecule has 1 amide bonds. The Hall–Kier alpha value is -3.64. The van der Waals surface area contributed by atoms with Gasteiger partial charge in [0.15, 0.2) is 0 Å². The first kappa shape index (κ1) is 23.5. The minimum atomic E-state index is -0.940. The molecule has 3 aromatic carbocycles. The van der Waals surface area contributed by atoms with Gasteiger partial charge in [0.25, 0.3) is 0 Å². The minimum absolute atomic E-state index is 0.0541. The standard InChI is InChI=1S/C28H30N2O4/c31-27(29-30(23-11-3-1-4-12-23)24-13-5-2-6-14-24)18-17-21-9-7-10-22-19-25(34-20-28(32)33)15-8-16-26(21)22/h1-7,9-14,25H,8,15-20H2,(H,29,31)(H,32,33). The van der Waals surface area contributed by atoms with Crippen LogP contribution in [-0.2, 0) is 33.6 Å². The largest absolute Gasteiger partial charge is 0.480 e. The second-order valence-corrected chi connectivity index (χ2v) is 8.52. The number of amides is 1. The molecule has 6 nitrogen and oxygen atoms in total. The van der Waals surface area contributed by atoms with E-state index in [0.717, 1.165) is 30.6 Å². The highest BCUT2D eigenvalue weighted by Crippen LogP contribution is 2.27. The Morgan fingerprint density at radius 1 is 0.941 bits per heavy atom. The predicted octanol–water partition coefficient (Wildman–Crippen LogP) is 4.84. The summed E-state index contributed by atoms with van der Waals surface area (Å²) in [6.07, 6.45) is 4.33. The first-order chi connectivity index (χ1) is 16.6. The van der Waals surface area contributed by atoms with Crippen molar-refractivity contribution in [2.75, 3.05) is 11.6 Å². The molecule has 1 aliphatic rings. The van der Waals surface area contributed by atoms with Gasteiger partial charge in [0, 0.05) is 6.42 Å². The van der Waals surface area contributed by atoms with Crippen molar-refractivity contribution in [2.45, 2.75) is 44.6 Å². The van der Waals surface area contributed by atoms with E-state index < -0.39 is 5.97 Å². The van der Waals surface area contributed by atoms with E-state index >= 15 is 0 Å². The number of rotatable bonds is 9. The third-order valence-electron chi connectivity index (χ3n) is 6.10. The number of hydrogen-bond acceptors (Lipinski definition) is 4. The number of hydrogen-bond donors (Lipinski definition) is 2. The second-order valence-electron chi connectivity index (χ2n) is 8.52. The maximum absolute atomic E-state index is 13.0. The zero-order chi connectivity index (χ0) is 23.8. The van der Waals surface area contributed by atoms with Crippen LogP contribution < -0.4 is 10.4 Å². The number of nitrogens with zero attached hydrogens (tertiary/aromatic N) is 1. The van der Waals surface area contributed by atoms with Crippen molar-refractivity contribution in [3.8, 4) is 0 Å². The van der Waals surface area contributed by atoms with Crippen LogP contribution in [0.15, 0.2) is 78.9 Å². The van der Waals surface area contributed by atoms with Crippen LogP contribution in [0.3, 0.4) is 0 Å². The summed E-state index contributed by atoms with van der Waals surface area (Å²) in [5, 5.41) is 10.7. The maximum atomic E-state index is 13.0. The number of anilines is 2. The number of ether oxygens (including phenoxy) is 1. The van der Waals surface area contributed by atoms with Crippen LogP contribution >= 0.6 is 0 Å². The molecule has 6 heteroatoms. The van der Waals surface area contributed by atoms with Gasteiger partial charge in [0.05, 0.1) is 17.5 Å². The maximum Gasteiger partial charge on any atom is 0.329 e. The van der Waals surface area contributed by atoms with Gasteiger partial charge in [-0.05, 0) is 73.1 Å². The Labute approximate surface area is 200 Å². The van der Waals surface area contributed by atoms with Crippen LogP contribution in [0, 0.1) is 0 Å². The molecule has 0 spiro atoms. The quantitative estimate of drug-likeness (QED) is 0.354. The normalized spacial score (nSPS) is 15.1. The Morgan fingerprint density at radius 2 is 1.62 bits per heavy atom. The summed E-state index contributed by atoms with van der Waals surface area (Å²) in [5.41, 5.74) is 8.50. The molecule has 0 saturated carbocycles. The number of hydrazine groups is 1. The molecule has 34 heavy (non-hydrogen) atoms. The fraction of sp³-hybridized carbons (Fsp3) is 0.286. The number of carbonyl (C=O) groups is 2. The van der Waals surface area contributed by atoms with Crippen LogP contribution in [0.5, 0.6) is 0 Å². The third kappa shape index (κ3) is 6.23. The fourth-order valence-electron chi connectivity index (χ4n) is 4.48. The van der Waals surface area contributed by atoms with Crippen LogP contribution in [-0.4, -0.2) is 29.7 Å². The average molecular weight is 459 g/mol. The van der Waals surface area contributed by atoms with E-state index in [9.17, 15) is 9.59 Å². The molecular weight excluding hydrogens is 428 g/mol. The number of benzene rings is 3. The summed E-state index contributed by atoms with van der Waals surface area (Å²) >= 11 is 0. The van der Waals surface area contributed by atoms with Gasteiger partial charge in [-0.1, -0.05) is 54.6 Å². The molecule has 0 aliphatic heterocycles. The van der Waals surface area contributed by atoms with Crippen molar-refractivity contribution in [1.82, 2.24) is 5.43 Å². The highest BCUT2D eigenvalue weighted by molar-refractivity contribution is 5.81. The molecule has 1 atom stereocenters. The Kier molecular flexibility index (Phi) is 7.94. The molecule has 3 aromatic rings. The molecule has 0 saturated heterocycles. The Balaban J connectivity index is 1.43. The van der Waals surface area contributed by atoms with E-state index in [1.807, 2.05) is 71.7 Å². The van der Waals surface area contributed by atoms with Crippen molar-refractivity contribution in [3.63, 3.8) is 0 Å². The molecule has 0 radical (unpaired) electrons. The van der Waals surface area contributed by atoms with Crippen molar-refractivity contribution in [1.29, 1.82) is 0 Å². The summed E-state index contributed by atoms with van der Waals surface area (Å²) in [6, 6.07) is 25.8. The molecule has 0 bridgehead atoms. The van der Waals surface area contributed by atoms with Crippen molar-refractivity contribution < 1.29 is 19.4 Å². The van der Waals surface area contributed by atoms with E-state index in [1.54, 1.807) is 0 Å². The van der Waals surface area contributed by atoms with E-state index in [-0.39, 0.29) is 18.6 Å². The van der Waals surface area contributed by atoms with Gasteiger partial charge in [0.2, 0.25) is 5.91 Å². The number of carboxylic acid groups (broad SMARTS) is 1. The third-order valence-corrected chi connectivity index (χ3v) is 6.10. The summed E-state index contributed by atoms with van der Waals surface area (Å²) < 4.78 is 5.58. The number of para-hydroxylation sites is 2. The summed E-state index contributed by atoms with van der Waals surface area (Å²) in [6.45, 7) is -0.265. The lowest BCUT2D eigenvalue weighted by Gasteiger charge is -2.25. The van der Waals surface area contributed by atoms with Crippen molar-refractivity contribution in [2.24, 2.45) is 0 Å². The molecule has 1 unspecified atom stereocenters. The smallest absolute Gasteiger partial charge is 0.329 e. The number of aryl methyl sites for hydroxylation is 1. The number of carboxylic acids is 1. The number of fused-ring (bicyclic) bond motifs is 1. The molecule has 4 rings (SSSR count). The van der Waals surface area contributed by atoms with Gasteiger partial charge in [-0.25, -0.2) is 4.79 Å². The number of carbonyl (C=O) groups excluding carboxylic acids is 1. The van der Waals surface area contributed by atoms with Crippen LogP contribution in [0.25, 0.3) is 0 Å². The van der Waals surface area contributed by atoms with Gasteiger partial charge >= 0.3 is 5.97 Å². The number of nitrogens with one attached hydrogen (secondary N) is 1. The van der Waals surface area contributed by atoms with Crippen LogP contribution in [0.1, 0.15) is 36.0 Å². The Bertz CT molecular complexity index is 1060. The van der Waals surface area contributed by atoms with E-state index in [1.165, 1.54) is 16.7 Å². The zero-order valence-corrected chi connectivity index (χ0v) is 19.2. The van der Waals surface area contributed by atoms with Gasteiger partial charge in [0.1, 0.15) is 6.61 Å². The minimum Gasteiger partial charge on any atom is -0.480 e. The van der Waals surface area contributed by atoms with Gasteiger partial charge in [-0.3, -0.25) is 15.2 Å². The molecule has 0 fully saturated rings. The monoisotopic (exact) mass is 458 g/mol. The summed E-state index contributed by atoms with van der Waals surface area (Å²) in [5.74, 6) is -0.995. The van der Waals surface area contributed by atoms with E-state index in [2.05, 4.69) is 17.6 Å². The lowest BCUT2D eigenvalue weighted by Crippen LogP contribution is -2.39.